The van der Waals surface area contributed by atoms with Gasteiger partial charge in [0.1, 0.15) is 0 Å². The number of pyridine rings is 1. The molecule has 2 aromatic rings. The third-order valence-electron chi connectivity index (χ3n) is 3.44. The molecule has 1 aromatic carbocycles. The van der Waals surface area contributed by atoms with Crippen molar-refractivity contribution in [2.75, 3.05) is 20.3 Å². The van der Waals surface area contributed by atoms with Gasteiger partial charge in [0.15, 0.2) is 0 Å². The van der Waals surface area contributed by atoms with Crippen LogP contribution in [0.25, 0.3) is 0 Å². The van der Waals surface area contributed by atoms with Crippen LogP contribution in [-0.4, -0.2) is 36.1 Å². The van der Waals surface area contributed by atoms with Gasteiger partial charge in [0.2, 0.25) is 0 Å². The Balaban J connectivity index is 2.21. The first-order chi connectivity index (χ1) is 10.6. The van der Waals surface area contributed by atoms with E-state index in [9.17, 15) is 4.79 Å². The number of amides is 1. The van der Waals surface area contributed by atoms with Gasteiger partial charge in [-0.2, -0.15) is 0 Å². The number of nitrogens with zero attached hydrogens (tertiary/aromatic N) is 2. The summed E-state index contributed by atoms with van der Waals surface area (Å²) in [5.41, 5.74) is 3.98. The minimum absolute atomic E-state index is 0.0284. The molecule has 0 aliphatic carbocycles. The predicted octanol–water partition coefficient (Wildman–Crippen LogP) is 2.99. The zero-order valence-corrected chi connectivity index (χ0v) is 13.4. The summed E-state index contributed by atoms with van der Waals surface area (Å²) in [5.74, 6) is 0.0284. The van der Waals surface area contributed by atoms with Gasteiger partial charge in [0.25, 0.3) is 5.91 Å². The zero-order chi connectivity index (χ0) is 15.9. The van der Waals surface area contributed by atoms with E-state index in [1.54, 1.807) is 19.5 Å². The largest absolute Gasteiger partial charge is 0.383 e. The highest BCUT2D eigenvalue weighted by molar-refractivity contribution is 5.94. The monoisotopic (exact) mass is 298 g/mol. The molecule has 0 radical (unpaired) electrons. The molecule has 2 rings (SSSR count). The number of carbonyl (C=O) groups excluding carboxylic acids is 1. The first-order valence-corrected chi connectivity index (χ1v) is 7.35. The number of methoxy groups -OCH3 is 1. The van der Waals surface area contributed by atoms with E-state index in [-0.39, 0.29) is 5.91 Å². The first kappa shape index (κ1) is 16.2. The second kappa shape index (κ2) is 7.71. The van der Waals surface area contributed by atoms with Crippen LogP contribution in [0.15, 0.2) is 42.7 Å². The molecule has 0 unspecified atom stereocenters. The SMILES string of the molecule is COCCN(Cc1ccncc1)C(=O)c1cc(C)cc(C)c1. The maximum Gasteiger partial charge on any atom is 0.254 e. The van der Waals surface area contributed by atoms with Crippen LogP contribution in [0, 0.1) is 13.8 Å². The number of benzene rings is 1. The molecule has 0 bridgehead atoms. The molecule has 1 aromatic heterocycles. The fourth-order valence-electron chi connectivity index (χ4n) is 2.44. The predicted molar refractivity (Wildman–Crippen MR) is 86.8 cm³/mol. The molecule has 0 aliphatic rings. The average Bonchev–Trinajstić information content (AvgIpc) is 2.50. The van der Waals surface area contributed by atoms with Gasteiger partial charge in [-0.1, -0.05) is 17.2 Å². The van der Waals surface area contributed by atoms with Crippen LogP contribution >= 0.6 is 0 Å². The Morgan fingerprint density at radius 2 is 1.77 bits per heavy atom. The van der Waals surface area contributed by atoms with Crippen molar-refractivity contribution in [2.24, 2.45) is 0 Å². The third kappa shape index (κ3) is 4.40. The second-order valence-electron chi connectivity index (χ2n) is 5.45. The Morgan fingerprint density at radius 1 is 1.14 bits per heavy atom. The number of aryl methyl sites for hydroxylation is 2. The summed E-state index contributed by atoms with van der Waals surface area (Å²) in [6, 6.07) is 9.78. The average molecular weight is 298 g/mol. The van der Waals surface area contributed by atoms with Crippen LogP contribution in [0.4, 0.5) is 0 Å². The number of hydrogen-bond acceptors (Lipinski definition) is 3. The highest BCUT2D eigenvalue weighted by atomic mass is 16.5. The standard InChI is InChI=1S/C18H22N2O2/c1-14-10-15(2)12-17(11-14)18(21)20(8-9-22-3)13-16-4-6-19-7-5-16/h4-7,10-12H,8-9,13H2,1-3H3. The Labute approximate surface area is 131 Å². The number of carbonyl (C=O) groups is 1. The summed E-state index contributed by atoms with van der Waals surface area (Å²) in [7, 11) is 1.64. The summed E-state index contributed by atoms with van der Waals surface area (Å²) < 4.78 is 5.14. The van der Waals surface area contributed by atoms with Gasteiger partial charge < -0.3 is 9.64 Å². The van der Waals surface area contributed by atoms with Crippen molar-refractivity contribution in [2.45, 2.75) is 20.4 Å². The van der Waals surface area contributed by atoms with E-state index in [2.05, 4.69) is 11.1 Å². The maximum atomic E-state index is 12.8. The lowest BCUT2D eigenvalue weighted by Crippen LogP contribution is -2.33. The molecule has 0 fully saturated rings. The zero-order valence-electron chi connectivity index (χ0n) is 13.4. The minimum Gasteiger partial charge on any atom is -0.383 e. The lowest BCUT2D eigenvalue weighted by molar-refractivity contribution is 0.0680. The van der Waals surface area contributed by atoms with Gasteiger partial charge in [0.05, 0.1) is 6.61 Å². The van der Waals surface area contributed by atoms with Crippen LogP contribution in [-0.2, 0) is 11.3 Å². The molecular formula is C18H22N2O2. The lowest BCUT2D eigenvalue weighted by atomic mass is 10.1. The normalized spacial score (nSPS) is 10.5. The van der Waals surface area contributed by atoms with E-state index in [0.29, 0.717) is 19.7 Å². The number of rotatable bonds is 6. The van der Waals surface area contributed by atoms with Crippen molar-refractivity contribution < 1.29 is 9.53 Å². The molecule has 0 aliphatic heterocycles. The molecule has 1 heterocycles. The molecule has 22 heavy (non-hydrogen) atoms. The van der Waals surface area contributed by atoms with Crippen LogP contribution < -0.4 is 0 Å². The number of ether oxygens (including phenoxy) is 1. The smallest absolute Gasteiger partial charge is 0.254 e. The van der Waals surface area contributed by atoms with Crippen molar-refractivity contribution in [3.05, 3.63) is 65.0 Å². The summed E-state index contributed by atoms with van der Waals surface area (Å²) in [6.45, 7) is 5.64. The van der Waals surface area contributed by atoms with Crippen molar-refractivity contribution in [1.29, 1.82) is 0 Å². The van der Waals surface area contributed by atoms with Crippen molar-refractivity contribution >= 4 is 5.91 Å². The number of hydrogen-bond donors (Lipinski definition) is 0. The molecule has 1 amide bonds. The fraction of sp³-hybridized carbons (Fsp3) is 0.333. The summed E-state index contributed by atoms with van der Waals surface area (Å²) in [4.78, 5) is 18.6. The lowest BCUT2D eigenvalue weighted by Gasteiger charge is -2.23. The first-order valence-electron chi connectivity index (χ1n) is 7.35. The van der Waals surface area contributed by atoms with Crippen LogP contribution in [0.5, 0.6) is 0 Å². The van der Waals surface area contributed by atoms with Crippen LogP contribution in [0.1, 0.15) is 27.0 Å². The summed E-state index contributed by atoms with van der Waals surface area (Å²) in [6.07, 6.45) is 3.48. The highest BCUT2D eigenvalue weighted by Crippen LogP contribution is 2.13. The third-order valence-corrected chi connectivity index (χ3v) is 3.44. The van der Waals surface area contributed by atoms with E-state index in [0.717, 1.165) is 22.3 Å². The maximum absolute atomic E-state index is 12.8. The molecule has 116 valence electrons. The summed E-state index contributed by atoms with van der Waals surface area (Å²) >= 11 is 0. The van der Waals surface area contributed by atoms with E-state index in [1.807, 2.05) is 43.0 Å². The van der Waals surface area contributed by atoms with Gasteiger partial charge in [0, 0.05) is 38.2 Å². The molecule has 0 N–H and O–H groups in total. The van der Waals surface area contributed by atoms with Gasteiger partial charge in [-0.15, -0.1) is 0 Å². The van der Waals surface area contributed by atoms with Crippen LogP contribution in [0.3, 0.4) is 0 Å². The Bertz CT molecular complexity index is 606. The van der Waals surface area contributed by atoms with E-state index in [1.165, 1.54) is 0 Å². The van der Waals surface area contributed by atoms with Crippen LogP contribution in [0.2, 0.25) is 0 Å². The Morgan fingerprint density at radius 3 is 2.36 bits per heavy atom. The van der Waals surface area contributed by atoms with Gasteiger partial charge in [-0.3, -0.25) is 9.78 Å². The van der Waals surface area contributed by atoms with Gasteiger partial charge >= 0.3 is 0 Å². The molecule has 4 heteroatoms. The van der Waals surface area contributed by atoms with E-state index < -0.39 is 0 Å². The van der Waals surface area contributed by atoms with Crippen molar-refractivity contribution in [3.63, 3.8) is 0 Å². The number of aromatic nitrogens is 1. The Hall–Kier alpha value is -2.20. The molecule has 0 saturated heterocycles. The van der Waals surface area contributed by atoms with Crippen molar-refractivity contribution in [1.82, 2.24) is 9.88 Å². The molecule has 0 spiro atoms. The van der Waals surface area contributed by atoms with Crippen molar-refractivity contribution in [3.8, 4) is 0 Å². The molecule has 0 saturated carbocycles. The topological polar surface area (TPSA) is 42.4 Å². The fourth-order valence-corrected chi connectivity index (χ4v) is 2.44. The van der Waals surface area contributed by atoms with E-state index >= 15 is 0 Å². The summed E-state index contributed by atoms with van der Waals surface area (Å²) in [5, 5.41) is 0. The van der Waals surface area contributed by atoms with Gasteiger partial charge in [-0.05, 0) is 43.7 Å². The second-order valence-corrected chi connectivity index (χ2v) is 5.45. The van der Waals surface area contributed by atoms with E-state index in [4.69, 9.17) is 4.74 Å². The molecule has 0 atom stereocenters. The molecular weight excluding hydrogens is 276 g/mol. The highest BCUT2D eigenvalue weighted by Gasteiger charge is 2.16. The van der Waals surface area contributed by atoms with Gasteiger partial charge in [-0.25, -0.2) is 0 Å². The molecule has 4 nitrogen and oxygen atoms in total. The quantitative estimate of drug-likeness (QED) is 0.823. The minimum atomic E-state index is 0.0284. The Kier molecular flexibility index (Phi) is 5.67.